The van der Waals surface area contributed by atoms with E-state index in [2.05, 4.69) is 10.1 Å². The van der Waals surface area contributed by atoms with Crippen LogP contribution in [-0.2, 0) is 14.3 Å². The molecule has 1 atom stereocenters. The van der Waals surface area contributed by atoms with Gasteiger partial charge in [0, 0.05) is 11.4 Å². The van der Waals surface area contributed by atoms with Crippen molar-refractivity contribution in [3.05, 3.63) is 29.8 Å². The smallest absolute Gasteiger partial charge is 0.323 e. The van der Waals surface area contributed by atoms with Gasteiger partial charge in [0.25, 0.3) is 0 Å². The maximum Gasteiger partial charge on any atom is 0.323 e. The molecule has 0 spiro atoms. The number of thioether (sulfide) groups is 1. The number of methoxy groups -OCH3 is 1. The van der Waals surface area contributed by atoms with E-state index in [-0.39, 0.29) is 11.7 Å². The molecule has 0 aliphatic rings. The van der Waals surface area contributed by atoms with Crippen molar-refractivity contribution in [3.8, 4) is 0 Å². The first-order chi connectivity index (χ1) is 9.02. The summed E-state index contributed by atoms with van der Waals surface area (Å²) in [5.41, 5.74) is 7.41. The molecule has 0 saturated heterocycles. The minimum atomic E-state index is -0.693. The van der Waals surface area contributed by atoms with Gasteiger partial charge in [-0.25, -0.2) is 0 Å². The number of amides is 1. The predicted molar refractivity (Wildman–Crippen MR) is 77.1 cm³/mol. The van der Waals surface area contributed by atoms with Gasteiger partial charge in [-0.05, 0) is 24.6 Å². The van der Waals surface area contributed by atoms with Crippen molar-refractivity contribution in [2.45, 2.75) is 13.0 Å². The summed E-state index contributed by atoms with van der Waals surface area (Å²) in [7, 11) is 1.29. The Morgan fingerprint density at radius 2 is 2.21 bits per heavy atom. The average molecular weight is 282 g/mol. The quantitative estimate of drug-likeness (QED) is 0.765. The third kappa shape index (κ3) is 5.76. The molecule has 0 saturated carbocycles. The molecule has 1 aromatic carbocycles. The van der Waals surface area contributed by atoms with Crippen LogP contribution in [0, 0.1) is 6.92 Å². The fraction of sp³-hybridized carbons (Fsp3) is 0.385. The normalized spacial score (nSPS) is 11.7. The van der Waals surface area contributed by atoms with E-state index < -0.39 is 12.0 Å². The second kappa shape index (κ2) is 7.81. The maximum atomic E-state index is 11.7. The number of ether oxygens (including phenoxy) is 1. The van der Waals surface area contributed by atoms with Gasteiger partial charge in [-0.15, -0.1) is 11.8 Å². The van der Waals surface area contributed by atoms with Crippen LogP contribution < -0.4 is 11.1 Å². The van der Waals surface area contributed by atoms with E-state index >= 15 is 0 Å². The molecule has 5 nitrogen and oxygen atoms in total. The molecule has 1 unspecified atom stereocenters. The largest absolute Gasteiger partial charge is 0.468 e. The summed E-state index contributed by atoms with van der Waals surface area (Å²) in [6.45, 7) is 1.96. The first-order valence-corrected chi connectivity index (χ1v) is 6.96. The molecule has 0 heterocycles. The zero-order valence-electron chi connectivity index (χ0n) is 11.0. The predicted octanol–water partition coefficient (Wildman–Crippen LogP) is 1.17. The van der Waals surface area contributed by atoms with Crippen molar-refractivity contribution < 1.29 is 14.3 Å². The minimum Gasteiger partial charge on any atom is -0.468 e. The number of aryl methyl sites for hydroxylation is 1. The van der Waals surface area contributed by atoms with Gasteiger partial charge in [-0.2, -0.15) is 0 Å². The summed E-state index contributed by atoms with van der Waals surface area (Å²) >= 11 is 1.30. The number of rotatable bonds is 6. The van der Waals surface area contributed by atoms with E-state index in [0.29, 0.717) is 5.75 Å². The molecule has 19 heavy (non-hydrogen) atoms. The Morgan fingerprint density at radius 3 is 2.84 bits per heavy atom. The summed E-state index contributed by atoms with van der Waals surface area (Å²) in [5.74, 6) is 0.0197. The molecular formula is C13H18N2O3S. The van der Waals surface area contributed by atoms with Gasteiger partial charge in [-0.3, -0.25) is 9.59 Å². The Bertz CT molecular complexity index is 451. The molecular weight excluding hydrogens is 264 g/mol. The summed E-state index contributed by atoms with van der Waals surface area (Å²) in [5, 5.41) is 2.78. The molecule has 0 fully saturated rings. The third-order valence-corrected chi connectivity index (χ3v) is 3.40. The van der Waals surface area contributed by atoms with Crippen molar-refractivity contribution in [3.63, 3.8) is 0 Å². The number of carbonyl (C=O) groups excluding carboxylic acids is 2. The molecule has 0 aliphatic heterocycles. The Balaban J connectivity index is 2.30. The van der Waals surface area contributed by atoms with E-state index in [0.717, 1.165) is 11.3 Å². The molecule has 0 aliphatic carbocycles. The van der Waals surface area contributed by atoms with Crippen LogP contribution in [0.4, 0.5) is 5.69 Å². The number of carbonyl (C=O) groups is 2. The number of anilines is 1. The van der Waals surface area contributed by atoms with E-state index in [4.69, 9.17) is 5.73 Å². The minimum absolute atomic E-state index is 0.118. The van der Waals surface area contributed by atoms with Crippen molar-refractivity contribution in [1.82, 2.24) is 0 Å². The van der Waals surface area contributed by atoms with Crippen molar-refractivity contribution in [2.24, 2.45) is 5.73 Å². The fourth-order valence-electron chi connectivity index (χ4n) is 1.42. The Morgan fingerprint density at radius 1 is 1.47 bits per heavy atom. The summed E-state index contributed by atoms with van der Waals surface area (Å²) < 4.78 is 4.50. The molecule has 3 N–H and O–H groups in total. The number of nitrogens with two attached hydrogens (primary N) is 1. The second-order valence-corrected chi connectivity index (χ2v) is 5.09. The molecule has 0 bridgehead atoms. The van der Waals surface area contributed by atoms with Crippen LogP contribution in [-0.4, -0.2) is 36.5 Å². The molecule has 1 amide bonds. The number of hydrogen-bond donors (Lipinski definition) is 2. The zero-order chi connectivity index (χ0) is 14.3. The van der Waals surface area contributed by atoms with Crippen LogP contribution in [0.25, 0.3) is 0 Å². The van der Waals surface area contributed by atoms with Gasteiger partial charge in [0.1, 0.15) is 6.04 Å². The van der Waals surface area contributed by atoms with Crippen LogP contribution in [0.5, 0.6) is 0 Å². The van der Waals surface area contributed by atoms with Gasteiger partial charge in [0.05, 0.1) is 12.9 Å². The Hall–Kier alpha value is -1.53. The number of hydrogen-bond acceptors (Lipinski definition) is 5. The van der Waals surface area contributed by atoms with E-state index in [1.54, 1.807) is 0 Å². The van der Waals surface area contributed by atoms with Crippen molar-refractivity contribution >= 4 is 29.3 Å². The number of esters is 1. The standard InChI is InChI=1S/C13H18N2O3S/c1-9-4-3-5-10(6-9)15-12(16)8-19-7-11(14)13(17)18-2/h3-6,11H,7-8,14H2,1-2H3,(H,15,16). The van der Waals surface area contributed by atoms with Crippen LogP contribution >= 0.6 is 11.8 Å². The van der Waals surface area contributed by atoms with Gasteiger partial charge in [0.15, 0.2) is 0 Å². The maximum absolute atomic E-state index is 11.7. The van der Waals surface area contributed by atoms with Crippen LogP contribution in [0.15, 0.2) is 24.3 Å². The van der Waals surface area contributed by atoms with Gasteiger partial charge < -0.3 is 15.8 Å². The molecule has 1 rings (SSSR count). The molecule has 0 aromatic heterocycles. The van der Waals surface area contributed by atoms with Crippen LogP contribution in [0.3, 0.4) is 0 Å². The lowest BCUT2D eigenvalue weighted by atomic mass is 10.2. The Kier molecular flexibility index (Phi) is 6.38. The lowest BCUT2D eigenvalue weighted by Crippen LogP contribution is -2.34. The molecule has 104 valence electrons. The summed E-state index contributed by atoms with van der Waals surface area (Å²) in [6.07, 6.45) is 0. The summed E-state index contributed by atoms with van der Waals surface area (Å²) in [4.78, 5) is 22.7. The lowest BCUT2D eigenvalue weighted by Gasteiger charge is -2.09. The van der Waals surface area contributed by atoms with Crippen molar-refractivity contribution in [1.29, 1.82) is 0 Å². The van der Waals surface area contributed by atoms with Crippen LogP contribution in [0.1, 0.15) is 5.56 Å². The van der Waals surface area contributed by atoms with Gasteiger partial charge in [-0.1, -0.05) is 12.1 Å². The molecule has 0 radical (unpaired) electrons. The first kappa shape index (κ1) is 15.5. The van der Waals surface area contributed by atoms with E-state index in [1.165, 1.54) is 18.9 Å². The number of nitrogens with one attached hydrogen (secondary N) is 1. The van der Waals surface area contributed by atoms with Crippen LogP contribution in [0.2, 0.25) is 0 Å². The van der Waals surface area contributed by atoms with E-state index in [1.807, 2.05) is 31.2 Å². The topological polar surface area (TPSA) is 81.4 Å². The second-order valence-electron chi connectivity index (χ2n) is 4.06. The highest BCUT2D eigenvalue weighted by atomic mass is 32.2. The summed E-state index contributed by atoms with van der Waals surface area (Å²) in [6, 6.07) is 6.87. The van der Waals surface area contributed by atoms with Gasteiger partial charge in [0.2, 0.25) is 5.91 Å². The highest BCUT2D eigenvalue weighted by Gasteiger charge is 2.14. The SMILES string of the molecule is COC(=O)C(N)CSCC(=O)Nc1cccc(C)c1. The zero-order valence-corrected chi connectivity index (χ0v) is 11.8. The third-order valence-electron chi connectivity index (χ3n) is 2.34. The number of benzene rings is 1. The van der Waals surface area contributed by atoms with E-state index in [9.17, 15) is 9.59 Å². The van der Waals surface area contributed by atoms with Gasteiger partial charge >= 0.3 is 5.97 Å². The average Bonchev–Trinajstić information content (AvgIpc) is 2.37. The Labute approximate surface area is 116 Å². The highest BCUT2D eigenvalue weighted by Crippen LogP contribution is 2.10. The first-order valence-electron chi connectivity index (χ1n) is 5.80. The molecule has 6 heteroatoms. The molecule has 1 aromatic rings. The monoisotopic (exact) mass is 282 g/mol. The van der Waals surface area contributed by atoms with Crippen molar-refractivity contribution in [2.75, 3.05) is 23.9 Å². The fourth-order valence-corrected chi connectivity index (χ4v) is 2.18. The lowest BCUT2D eigenvalue weighted by molar-refractivity contribution is -0.141. The highest BCUT2D eigenvalue weighted by molar-refractivity contribution is 8.00.